The van der Waals surface area contributed by atoms with Gasteiger partial charge in [-0.3, -0.25) is 4.79 Å². The molecule has 4 N–H and O–H groups in total. The molecule has 0 aliphatic carbocycles. The van der Waals surface area contributed by atoms with Crippen LogP contribution in [0.5, 0.6) is 0 Å². The van der Waals surface area contributed by atoms with Crippen molar-refractivity contribution in [2.24, 2.45) is 5.73 Å². The molecule has 1 fully saturated rings. The standard InChI is InChI=1S/C17H21N5O3S/c1-19-14(21-6-4-12(18)9-21)3-2-11-8-22(17-20-5-7-26-17)10-13(15(11)23)16(24)25/h2-3,5,7,10,12,19H,4,6,8-9,18H2,1H3,(H,24,25)/b11-2+,14-3+/t12-/m1/s1. The van der Waals surface area contributed by atoms with Crippen LogP contribution in [0.1, 0.15) is 6.42 Å². The number of hydrogen-bond acceptors (Lipinski definition) is 8. The molecule has 26 heavy (non-hydrogen) atoms. The topological polar surface area (TPSA) is 112 Å². The Labute approximate surface area is 155 Å². The minimum atomic E-state index is -1.24. The molecule has 1 aromatic rings. The number of aliphatic carboxylic acids is 1. The van der Waals surface area contributed by atoms with Gasteiger partial charge in [-0.25, -0.2) is 9.78 Å². The normalized spacial score (nSPS) is 22.8. The van der Waals surface area contributed by atoms with Gasteiger partial charge in [-0.2, -0.15) is 0 Å². The largest absolute Gasteiger partial charge is 0.477 e. The van der Waals surface area contributed by atoms with Gasteiger partial charge in [0.15, 0.2) is 10.9 Å². The number of rotatable bonds is 5. The number of nitrogens with two attached hydrogens (primary N) is 1. The minimum Gasteiger partial charge on any atom is -0.477 e. The van der Waals surface area contributed by atoms with E-state index in [9.17, 15) is 14.7 Å². The lowest BCUT2D eigenvalue weighted by atomic mass is 10.00. The summed E-state index contributed by atoms with van der Waals surface area (Å²) < 4.78 is 0. The van der Waals surface area contributed by atoms with Crippen LogP contribution in [0.15, 0.2) is 46.9 Å². The van der Waals surface area contributed by atoms with E-state index in [0.29, 0.717) is 10.7 Å². The van der Waals surface area contributed by atoms with Gasteiger partial charge >= 0.3 is 5.97 Å². The third kappa shape index (κ3) is 3.78. The van der Waals surface area contributed by atoms with Gasteiger partial charge in [0.1, 0.15) is 11.4 Å². The fourth-order valence-corrected chi connectivity index (χ4v) is 3.60. The average Bonchev–Trinajstić information content (AvgIpc) is 3.28. The minimum absolute atomic E-state index is 0.137. The monoisotopic (exact) mass is 375 g/mol. The number of carboxylic acids is 1. The maximum atomic E-state index is 12.5. The van der Waals surface area contributed by atoms with Gasteiger partial charge in [-0.15, -0.1) is 11.3 Å². The number of nitrogens with one attached hydrogen (secondary N) is 1. The zero-order valence-corrected chi connectivity index (χ0v) is 15.2. The molecule has 0 unspecified atom stereocenters. The van der Waals surface area contributed by atoms with Gasteiger partial charge in [0.05, 0.1) is 6.54 Å². The highest BCUT2D eigenvalue weighted by Gasteiger charge is 2.29. The first kappa shape index (κ1) is 18.2. The van der Waals surface area contributed by atoms with E-state index in [-0.39, 0.29) is 18.2 Å². The van der Waals surface area contributed by atoms with Gasteiger partial charge in [-0.1, -0.05) is 0 Å². The Morgan fingerprint density at radius 3 is 2.92 bits per heavy atom. The third-order valence-corrected chi connectivity index (χ3v) is 5.13. The van der Waals surface area contributed by atoms with Crippen molar-refractivity contribution in [2.75, 3.05) is 31.6 Å². The van der Waals surface area contributed by atoms with E-state index in [0.717, 1.165) is 25.3 Å². The molecule has 2 aliphatic rings. The highest BCUT2D eigenvalue weighted by molar-refractivity contribution is 7.13. The molecule has 1 saturated heterocycles. The first-order valence-corrected chi connectivity index (χ1v) is 9.12. The lowest BCUT2D eigenvalue weighted by Gasteiger charge is -2.24. The molecule has 0 aromatic carbocycles. The van der Waals surface area contributed by atoms with Crippen LogP contribution in [-0.2, 0) is 9.59 Å². The van der Waals surface area contributed by atoms with E-state index >= 15 is 0 Å². The van der Waals surface area contributed by atoms with Crippen molar-refractivity contribution in [1.29, 1.82) is 0 Å². The van der Waals surface area contributed by atoms with Crippen molar-refractivity contribution in [3.63, 3.8) is 0 Å². The summed E-state index contributed by atoms with van der Waals surface area (Å²) in [7, 11) is 1.81. The zero-order valence-electron chi connectivity index (χ0n) is 14.4. The smallest absolute Gasteiger partial charge is 0.341 e. The summed E-state index contributed by atoms with van der Waals surface area (Å²) in [6.07, 6.45) is 7.38. The molecule has 8 nitrogen and oxygen atoms in total. The van der Waals surface area contributed by atoms with Gasteiger partial charge in [-0.05, 0) is 18.6 Å². The maximum Gasteiger partial charge on any atom is 0.341 e. The Morgan fingerprint density at radius 2 is 2.35 bits per heavy atom. The Hall–Kier alpha value is -2.65. The Kier molecular flexibility index (Phi) is 5.38. The molecule has 2 aliphatic heterocycles. The fraction of sp³-hybridized carbons (Fsp3) is 0.353. The van der Waals surface area contributed by atoms with Crippen LogP contribution in [0.25, 0.3) is 0 Å². The molecule has 0 bridgehead atoms. The molecular weight excluding hydrogens is 354 g/mol. The lowest BCUT2D eigenvalue weighted by Crippen LogP contribution is -2.33. The van der Waals surface area contributed by atoms with Gasteiger partial charge in [0, 0.05) is 49.5 Å². The van der Waals surface area contributed by atoms with Crippen LogP contribution >= 0.6 is 11.3 Å². The van der Waals surface area contributed by atoms with Crippen molar-refractivity contribution < 1.29 is 14.7 Å². The van der Waals surface area contributed by atoms with E-state index in [1.165, 1.54) is 17.5 Å². The second-order valence-corrected chi connectivity index (χ2v) is 6.98. The zero-order chi connectivity index (χ0) is 18.7. The van der Waals surface area contributed by atoms with Crippen LogP contribution in [0.2, 0.25) is 0 Å². The molecule has 138 valence electrons. The number of allylic oxidation sites excluding steroid dienone is 2. The van der Waals surface area contributed by atoms with Crippen molar-refractivity contribution in [3.05, 3.63) is 46.9 Å². The van der Waals surface area contributed by atoms with E-state index < -0.39 is 11.8 Å². The van der Waals surface area contributed by atoms with Gasteiger partial charge < -0.3 is 26.0 Å². The van der Waals surface area contributed by atoms with Crippen LogP contribution in [0, 0.1) is 0 Å². The van der Waals surface area contributed by atoms with E-state index in [1.807, 2.05) is 0 Å². The molecule has 0 saturated carbocycles. The number of likely N-dealkylation sites (tertiary alicyclic amines) is 1. The summed E-state index contributed by atoms with van der Waals surface area (Å²) in [6.45, 7) is 1.86. The number of aromatic nitrogens is 1. The Balaban J connectivity index is 1.89. The number of anilines is 1. The van der Waals surface area contributed by atoms with Crippen molar-refractivity contribution >= 4 is 28.2 Å². The lowest BCUT2D eigenvalue weighted by molar-refractivity contribution is -0.134. The van der Waals surface area contributed by atoms with Gasteiger partial charge in [0.2, 0.25) is 0 Å². The van der Waals surface area contributed by atoms with E-state index in [1.54, 1.807) is 35.7 Å². The quantitative estimate of drug-likeness (QED) is 0.504. The molecule has 3 heterocycles. The second kappa shape index (κ2) is 7.71. The van der Waals surface area contributed by atoms with Gasteiger partial charge in [0.25, 0.3) is 0 Å². The van der Waals surface area contributed by atoms with E-state index in [2.05, 4.69) is 15.2 Å². The van der Waals surface area contributed by atoms with Crippen LogP contribution in [-0.4, -0.2) is 59.5 Å². The summed E-state index contributed by atoms with van der Waals surface area (Å²) in [5, 5.41) is 14.9. The highest BCUT2D eigenvalue weighted by atomic mass is 32.1. The molecule has 1 atom stereocenters. The van der Waals surface area contributed by atoms with Crippen molar-refractivity contribution in [2.45, 2.75) is 12.5 Å². The summed E-state index contributed by atoms with van der Waals surface area (Å²) >= 11 is 1.38. The number of hydrogen-bond donors (Lipinski definition) is 3. The van der Waals surface area contributed by atoms with Crippen molar-refractivity contribution in [1.82, 2.24) is 15.2 Å². The third-order valence-electron chi connectivity index (χ3n) is 4.32. The summed E-state index contributed by atoms with van der Waals surface area (Å²) in [5.74, 6) is -0.869. The number of carbonyl (C=O) groups excluding carboxylic acids is 1. The van der Waals surface area contributed by atoms with E-state index in [4.69, 9.17) is 5.73 Å². The predicted octanol–water partition coefficient (Wildman–Crippen LogP) is 0.521. The molecular formula is C17H21N5O3S. The van der Waals surface area contributed by atoms with Crippen molar-refractivity contribution in [3.8, 4) is 0 Å². The number of carbonyl (C=O) groups is 2. The summed E-state index contributed by atoms with van der Waals surface area (Å²) in [5.41, 5.74) is 6.09. The summed E-state index contributed by atoms with van der Waals surface area (Å²) in [6, 6.07) is 0.137. The summed E-state index contributed by atoms with van der Waals surface area (Å²) in [4.78, 5) is 32.0. The molecule has 9 heteroatoms. The van der Waals surface area contributed by atoms with Crippen LogP contribution in [0.3, 0.4) is 0 Å². The maximum absolute atomic E-state index is 12.5. The number of nitrogens with zero attached hydrogens (tertiary/aromatic N) is 3. The Bertz CT molecular complexity index is 784. The average molecular weight is 375 g/mol. The number of Topliss-reactive ketones (excluding diaryl/α,β-unsaturated/α-hetero) is 1. The first-order valence-electron chi connectivity index (χ1n) is 8.24. The molecule has 0 amide bonds. The number of ketones is 1. The highest BCUT2D eigenvalue weighted by Crippen LogP contribution is 2.25. The second-order valence-electron chi connectivity index (χ2n) is 6.11. The molecule has 0 radical (unpaired) electrons. The first-order chi connectivity index (χ1) is 12.5. The molecule has 0 spiro atoms. The van der Waals surface area contributed by atoms with Crippen LogP contribution in [0.4, 0.5) is 5.13 Å². The number of carboxylic acid groups (broad SMARTS) is 1. The fourth-order valence-electron chi connectivity index (χ4n) is 2.98. The Morgan fingerprint density at radius 1 is 1.54 bits per heavy atom. The molecule has 3 rings (SSSR count). The number of thiazole rings is 1. The molecule has 1 aromatic heterocycles. The van der Waals surface area contributed by atoms with Crippen LogP contribution < -0.4 is 16.0 Å². The predicted molar refractivity (Wildman–Crippen MR) is 99.6 cm³/mol. The SMILES string of the molecule is CN/C(=C\C=C1/CN(c2nccs2)C=C(C(=O)O)C1=O)N1CC[C@@H](N)C1.